The van der Waals surface area contributed by atoms with Gasteiger partial charge in [-0.05, 0) is 75.2 Å². The number of para-hydroxylation sites is 1. The number of aromatic nitrogens is 2. The zero-order chi connectivity index (χ0) is 22.8. The molecule has 1 aromatic heterocycles. The summed E-state index contributed by atoms with van der Waals surface area (Å²) in [4.78, 5) is 30.0. The first kappa shape index (κ1) is 21.3. The Kier molecular flexibility index (Phi) is 5.77. The smallest absolute Gasteiger partial charge is 0.265 e. The highest BCUT2D eigenvalue weighted by Crippen LogP contribution is 2.21. The number of benzene rings is 3. The van der Waals surface area contributed by atoms with Gasteiger partial charge in [-0.3, -0.25) is 14.2 Å². The van der Waals surface area contributed by atoms with Crippen molar-refractivity contribution in [1.29, 1.82) is 0 Å². The Morgan fingerprint density at radius 2 is 1.75 bits per heavy atom. The third-order valence-corrected chi connectivity index (χ3v) is 5.37. The van der Waals surface area contributed by atoms with E-state index in [1.807, 2.05) is 70.2 Å². The molecule has 0 spiro atoms. The zero-order valence-corrected chi connectivity index (χ0v) is 18.6. The van der Waals surface area contributed by atoms with Crippen LogP contribution in [0.2, 0.25) is 0 Å². The molecule has 0 saturated carbocycles. The fraction of sp³-hybridized carbons (Fsp3) is 0.192. The van der Waals surface area contributed by atoms with E-state index in [9.17, 15) is 9.59 Å². The second-order valence-electron chi connectivity index (χ2n) is 7.92. The second-order valence-corrected chi connectivity index (χ2v) is 7.92. The molecular weight excluding hydrogens is 402 g/mol. The van der Waals surface area contributed by atoms with Crippen molar-refractivity contribution in [3.8, 4) is 11.4 Å². The molecule has 6 heteroatoms. The number of hydrogen-bond acceptors (Lipinski definition) is 4. The Balaban J connectivity index is 1.53. The van der Waals surface area contributed by atoms with E-state index in [1.54, 1.807) is 22.8 Å². The molecule has 32 heavy (non-hydrogen) atoms. The predicted molar refractivity (Wildman–Crippen MR) is 127 cm³/mol. The highest BCUT2D eigenvalue weighted by molar-refractivity contribution is 5.92. The number of hydrogen-bond donors (Lipinski definition) is 1. The third kappa shape index (κ3) is 4.25. The highest BCUT2D eigenvalue weighted by atomic mass is 16.5. The van der Waals surface area contributed by atoms with Crippen LogP contribution < -0.4 is 15.6 Å². The van der Waals surface area contributed by atoms with Gasteiger partial charge in [-0.15, -0.1) is 0 Å². The first-order valence-electron chi connectivity index (χ1n) is 10.4. The molecule has 4 aromatic rings. The van der Waals surface area contributed by atoms with Gasteiger partial charge in [0.05, 0.1) is 16.6 Å². The minimum Gasteiger partial charge on any atom is -0.483 e. The van der Waals surface area contributed by atoms with Crippen LogP contribution in [0.15, 0.2) is 65.5 Å². The van der Waals surface area contributed by atoms with Crippen LogP contribution in [0.5, 0.6) is 5.75 Å². The third-order valence-electron chi connectivity index (χ3n) is 5.37. The van der Waals surface area contributed by atoms with Crippen molar-refractivity contribution in [1.82, 2.24) is 9.55 Å². The van der Waals surface area contributed by atoms with Gasteiger partial charge < -0.3 is 10.1 Å². The average molecular weight is 428 g/mol. The van der Waals surface area contributed by atoms with Gasteiger partial charge in [0.25, 0.3) is 11.5 Å². The molecule has 1 heterocycles. The number of aryl methyl sites for hydroxylation is 4. The lowest BCUT2D eigenvalue weighted by molar-refractivity contribution is -0.118. The summed E-state index contributed by atoms with van der Waals surface area (Å²) in [6.45, 7) is 7.58. The number of carbonyl (C=O) groups excluding carboxylic acids is 1. The predicted octanol–water partition coefficient (Wildman–Crippen LogP) is 4.64. The molecule has 1 amide bonds. The van der Waals surface area contributed by atoms with Gasteiger partial charge in [0.2, 0.25) is 0 Å². The lowest BCUT2D eigenvalue weighted by Crippen LogP contribution is -2.23. The first-order valence-corrected chi connectivity index (χ1v) is 10.4. The highest BCUT2D eigenvalue weighted by Gasteiger charge is 2.12. The molecule has 0 saturated heterocycles. The molecule has 0 aliphatic rings. The minimum absolute atomic E-state index is 0.0851. The van der Waals surface area contributed by atoms with Crippen LogP contribution in [0.25, 0.3) is 16.6 Å². The fourth-order valence-electron chi connectivity index (χ4n) is 3.77. The lowest BCUT2D eigenvalue weighted by Gasteiger charge is -2.14. The molecule has 0 bridgehead atoms. The first-order chi connectivity index (χ1) is 15.3. The van der Waals surface area contributed by atoms with Crippen molar-refractivity contribution < 1.29 is 9.53 Å². The summed E-state index contributed by atoms with van der Waals surface area (Å²) < 4.78 is 7.25. The standard InChI is InChI=1S/C26H25N3O3/c1-16-9-12-24(18(3)13-16)32-15-25(30)28-22-11-10-20(14-17(22)2)29-19(4)27-23-8-6-5-7-21(23)26(29)31/h5-14H,15H2,1-4H3,(H,28,30). The lowest BCUT2D eigenvalue weighted by atomic mass is 10.1. The molecule has 0 unspecified atom stereocenters. The molecule has 4 rings (SSSR count). The largest absolute Gasteiger partial charge is 0.483 e. The van der Waals surface area contributed by atoms with Gasteiger partial charge in [0.1, 0.15) is 11.6 Å². The van der Waals surface area contributed by atoms with Crippen LogP contribution in [0, 0.1) is 27.7 Å². The van der Waals surface area contributed by atoms with Crippen LogP contribution in [-0.4, -0.2) is 22.1 Å². The summed E-state index contributed by atoms with van der Waals surface area (Å²) in [6.07, 6.45) is 0. The molecule has 162 valence electrons. The van der Waals surface area contributed by atoms with E-state index in [4.69, 9.17) is 4.74 Å². The van der Waals surface area contributed by atoms with Crippen molar-refractivity contribution in [3.05, 3.63) is 93.5 Å². The average Bonchev–Trinajstić information content (AvgIpc) is 2.75. The molecule has 0 radical (unpaired) electrons. The Morgan fingerprint density at radius 3 is 2.50 bits per heavy atom. The Morgan fingerprint density at radius 1 is 0.969 bits per heavy atom. The van der Waals surface area contributed by atoms with Crippen LogP contribution in [0.4, 0.5) is 5.69 Å². The SMILES string of the molecule is Cc1ccc(OCC(=O)Nc2ccc(-n3c(C)nc4ccccc4c3=O)cc2C)c(C)c1. The molecule has 0 aliphatic carbocycles. The van der Waals surface area contributed by atoms with E-state index in [0.29, 0.717) is 33.9 Å². The Labute approximate surface area is 186 Å². The summed E-state index contributed by atoms with van der Waals surface area (Å²) in [7, 11) is 0. The van der Waals surface area contributed by atoms with Crippen LogP contribution in [0.3, 0.4) is 0 Å². The van der Waals surface area contributed by atoms with Crippen molar-refractivity contribution >= 4 is 22.5 Å². The molecule has 1 N–H and O–H groups in total. The topological polar surface area (TPSA) is 73.2 Å². The summed E-state index contributed by atoms with van der Waals surface area (Å²) in [6, 6.07) is 18.6. The van der Waals surface area contributed by atoms with Crippen molar-refractivity contribution in [3.63, 3.8) is 0 Å². The molecule has 0 atom stereocenters. The number of ether oxygens (including phenoxy) is 1. The maximum absolute atomic E-state index is 13.0. The van der Waals surface area contributed by atoms with E-state index in [0.717, 1.165) is 16.7 Å². The number of fused-ring (bicyclic) bond motifs is 1. The van der Waals surface area contributed by atoms with Crippen molar-refractivity contribution in [2.75, 3.05) is 11.9 Å². The summed E-state index contributed by atoms with van der Waals surface area (Å²) >= 11 is 0. The second kappa shape index (κ2) is 8.67. The van der Waals surface area contributed by atoms with Gasteiger partial charge >= 0.3 is 0 Å². The van der Waals surface area contributed by atoms with Crippen molar-refractivity contribution in [2.45, 2.75) is 27.7 Å². The van der Waals surface area contributed by atoms with Gasteiger partial charge in [0.15, 0.2) is 6.61 Å². The Hall–Kier alpha value is -3.93. The molecule has 0 fully saturated rings. The number of carbonyl (C=O) groups is 1. The van der Waals surface area contributed by atoms with Gasteiger partial charge in [0, 0.05) is 5.69 Å². The van der Waals surface area contributed by atoms with Gasteiger partial charge in [-0.25, -0.2) is 4.98 Å². The number of amides is 1. The number of nitrogens with one attached hydrogen (secondary N) is 1. The molecule has 3 aromatic carbocycles. The zero-order valence-electron chi connectivity index (χ0n) is 18.6. The normalized spacial score (nSPS) is 10.9. The van der Waals surface area contributed by atoms with Crippen molar-refractivity contribution in [2.24, 2.45) is 0 Å². The van der Waals surface area contributed by atoms with E-state index in [-0.39, 0.29) is 18.1 Å². The van der Waals surface area contributed by atoms with Crippen LogP contribution in [0.1, 0.15) is 22.5 Å². The molecule has 6 nitrogen and oxygen atoms in total. The molecular formula is C26H25N3O3. The quantitative estimate of drug-likeness (QED) is 0.504. The number of rotatable bonds is 5. The van der Waals surface area contributed by atoms with E-state index in [2.05, 4.69) is 10.3 Å². The van der Waals surface area contributed by atoms with E-state index < -0.39 is 0 Å². The van der Waals surface area contributed by atoms with Gasteiger partial charge in [-0.1, -0.05) is 29.8 Å². The summed E-state index contributed by atoms with van der Waals surface area (Å²) in [5, 5.41) is 3.45. The van der Waals surface area contributed by atoms with E-state index in [1.165, 1.54) is 0 Å². The summed E-state index contributed by atoms with van der Waals surface area (Å²) in [5.74, 6) is 1.05. The monoisotopic (exact) mass is 427 g/mol. The summed E-state index contributed by atoms with van der Waals surface area (Å²) in [5.41, 5.74) is 4.90. The van der Waals surface area contributed by atoms with Gasteiger partial charge in [-0.2, -0.15) is 0 Å². The number of nitrogens with zero attached hydrogens (tertiary/aromatic N) is 2. The Bertz CT molecular complexity index is 1390. The van der Waals surface area contributed by atoms with Crippen LogP contribution in [-0.2, 0) is 4.79 Å². The maximum Gasteiger partial charge on any atom is 0.265 e. The fourth-order valence-corrected chi connectivity index (χ4v) is 3.77. The number of anilines is 1. The maximum atomic E-state index is 13.0. The van der Waals surface area contributed by atoms with Crippen LogP contribution >= 0.6 is 0 Å². The van der Waals surface area contributed by atoms with E-state index >= 15 is 0 Å². The molecule has 0 aliphatic heterocycles. The minimum atomic E-state index is -0.249.